The van der Waals surface area contributed by atoms with Gasteiger partial charge in [-0.25, -0.2) is 9.18 Å². The van der Waals surface area contributed by atoms with E-state index >= 15 is 0 Å². The molecule has 1 atom stereocenters. The number of nitriles is 1. The Morgan fingerprint density at radius 2 is 2.14 bits per heavy atom. The second-order valence-corrected chi connectivity index (χ2v) is 7.50. The van der Waals surface area contributed by atoms with Crippen molar-refractivity contribution in [3.05, 3.63) is 34.1 Å². The number of carbonyl (C=O) groups is 2. The number of allylic oxidation sites excluding steroid dienone is 1. The molecule has 7 nitrogen and oxygen atoms in total. The van der Waals surface area contributed by atoms with E-state index in [2.05, 4.69) is 27.3 Å². The molecule has 1 aromatic rings. The Labute approximate surface area is 170 Å². The van der Waals surface area contributed by atoms with Crippen molar-refractivity contribution in [3.8, 4) is 6.07 Å². The Bertz CT molecular complexity index is 857. The molecule has 0 bridgehead atoms. The van der Waals surface area contributed by atoms with Gasteiger partial charge >= 0.3 is 6.09 Å². The summed E-state index contributed by atoms with van der Waals surface area (Å²) >= 11 is 3.26. The highest BCUT2D eigenvalue weighted by Crippen LogP contribution is 2.31. The molecule has 28 heavy (non-hydrogen) atoms. The highest BCUT2D eigenvalue weighted by Gasteiger charge is 2.33. The van der Waals surface area contributed by atoms with E-state index in [1.807, 2.05) is 4.90 Å². The fraction of sp³-hybridized carbons (Fsp3) is 0.421. The van der Waals surface area contributed by atoms with Crippen LogP contribution in [0.3, 0.4) is 0 Å². The number of ether oxygens (including phenoxy) is 1. The highest BCUT2D eigenvalue weighted by atomic mass is 79.9. The largest absolute Gasteiger partial charge is 0.442 e. The highest BCUT2D eigenvalue weighted by molar-refractivity contribution is 9.12. The Kier molecular flexibility index (Phi) is 6.19. The topological polar surface area (TPSA) is 85.7 Å². The summed E-state index contributed by atoms with van der Waals surface area (Å²) in [6, 6.07) is 6.77. The van der Waals surface area contributed by atoms with E-state index in [1.54, 1.807) is 12.1 Å². The van der Waals surface area contributed by atoms with Gasteiger partial charge in [0.1, 0.15) is 18.0 Å². The second-order valence-electron chi connectivity index (χ2n) is 6.71. The Morgan fingerprint density at radius 3 is 2.75 bits per heavy atom. The minimum atomic E-state index is -0.559. The first-order valence-electron chi connectivity index (χ1n) is 8.93. The van der Waals surface area contributed by atoms with Crippen molar-refractivity contribution >= 4 is 39.3 Å². The van der Waals surface area contributed by atoms with Crippen molar-refractivity contribution in [1.29, 1.82) is 5.26 Å². The van der Waals surface area contributed by atoms with Gasteiger partial charge in [0.05, 0.1) is 28.9 Å². The minimum absolute atomic E-state index is 0.203. The molecule has 9 heteroatoms. The van der Waals surface area contributed by atoms with Crippen molar-refractivity contribution in [1.82, 2.24) is 5.32 Å². The van der Waals surface area contributed by atoms with Gasteiger partial charge in [0.15, 0.2) is 0 Å². The number of amides is 2. The lowest BCUT2D eigenvalue weighted by atomic mass is 10.0. The Morgan fingerprint density at radius 1 is 1.43 bits per heavy atom. The molecule has 0 saturated carbocycles. The smallest absolute Gasteiger partial charge is 0.414 e. The van der Waals surface area contributed by atoms with Gasteiger partial charge in [-0.2, -0.15) is 5.26 Å². The van der Waals surface area contributed by atoms with Crippen LogP contribution in [-0.4, -0.2) is 44.3 Å². The maximum atomic E-state index is 14.7. The standard InChI is InChI=1S/C19H20BrFN4O3/c1-12(26)23-10-15-11-25(19(27)28-15)14-2-3-18(17(21)8-14)24-6-4-13(5-7-24)16(20)9-22/h2-3,8,15H,4-7,10-11H2,1H3,(H,23,26). The number of nitrogens with one attached hydrogen (secondary N) is 1. The fourth-order valence-electron chi connectivity index (χ4n) is 3.33. The molecule has 0 aliphatic carbocycles. The number of benzene rings is 1. The van der Waals surface area contributed by atoms with E-state index in [0.717, 1.165) is 5.57 Å². The predicted molar refractivity (Wildman–Crippen MR) is 106 cm³/mol. The van der Waals surface area contributed by atoms with Crippen LogP contribution >= 0.6 is 15.9 Å². The van der Waals surface area contributed by atoms with E-state index in [9.17, 15) is 14.0 Å². The van der Waals surface area contributed by atoms with Gasteiger partial charge in [0.2, 0.25) is 5.91 Å². The van der Waals surface area contributed by atoms with E-state index in [4.69, 9.17) is 10.00 Å². The molecule has 0 radical (unpaired) electrons. The summed E-state index contributed by atoms with van der Waals surface area (Å²) in [5.74, 6) is -0.617. The summed E-state index contributed by atoms with van der Waals surface area (Å²) in [6.07, 6.45) is 0.360. The number of cyclic esters (lactones) is 1. The molecule has 1 N–H and O–H groups in total. The third kappa shape index (κ3) is 4.44. The fourth-order valence-corrected chi connectivity index (χ4v) is 3.73. The van der Waals surface area contributed by atoms with Crippen LogP contribution in [0.5, 0.6) is 0 Å². The number of rotatable bonds is 4. The van der Waals surface area contributed by atoms with Crippen molar-refractivity contribution in [2.75, 3.05) is 36.0 Å². The number of halogens is 2. The number of nitrogens with zero attached hydrogens (tertiary/aromatic N) is 3. The van der Waals surface area contributed by atoms with Crippen molar-refractivity contribution < 1.29 is 18.7 Å². The summed E-state index contributed by atoms with van der Waals surface area (Å²) in [4.78, 5) is 26.4. The van der Waals surface area contributed by atoms with Crippen LogP contribution in [0, 0.1) is 17.1 Å². The summed E-state index contributed by atoms with van der Waals surface area (Å²) < 4.78 is 20.5. The van der Waals surface area contributed by atoms with Crippen LogP contribution in [0.4, 0.5) is 20.6 Å². The zero-order valence-corrected chi connectivity index (χ0v) is 17.0. The molecule has 2 amide bonds. The van der Waals surface area contributed by atoms with Crippen LogP contribution in [0.25, 0.3) is 0 Å². The van der Waals surface area contributed by atoms with E-state index in [1.165, 1.54) is 17.9 Å². The summed E-state index contributed by atoms with van der Waals surface area (Å²) in [7, 11) is 0. The Balaban J connectivity index is 1.67. The number of piperidine rings is 1. The molecule has 3 rings (SSSR count). The zero-order valence-electron chi connectivity index (χ0n) is 15.4. The normalized spacial score (nSPS) is 19.3. The molecule has 148 valence electrons. The van der Waals surface area contributed by atoms with Crippen molar-refractivity contribution in [2.45, 2.75) is 25.9 Å². The molecule has 2 heterocycles. The monoisotopic (exact) mass is 450 g/mol. The zero-order chi connectivity index (χ0) is 20.3. The van der Waals surface area contributed by atoms with E-state index in [0.29, 0.717) is 41.8 Å². The third-order valence-corrected chi connectivity index (χ3v) is 5.55. The lowest BCUT2D eigenvalue weighted by Crippen LogP contribution is -2.33. The number of anilines is 2. The Hall–Kier alpha value is -2.60. The maximum Gasteiger partial charge on any atom is 0.414 e. The van der Waals surface area contributed by atoms with Crippen LogP contribution in [-0.2, 0) is 9.53 Å². The second kappa shape index (κ2) is 8.61. The molecule has 1 aromatic carbocycles. The molecule has 1 unspecified atom stereocenters. The molecule has 2 fully saturated rings. The van der Waals surface area contributed by atoms with Gasteiger partial charge in [-0.3, -0.25) is 9.69 Å². The summed E-state index contributed by atoms with van der Waals surface area (Å²) in [6.45, 7) is 3.10. The minimum Gasteiger partial charge on any atom is -0.442 e. The molecule has 0 aromatic heterocycles. The SMILES string of the molecule is CC(=O)NCC1CN(c2ccc(N3CCC(=C(Br)C#N)CC3)c(F)c2)C(=O)O1. The first-order valence-corrected chi connectivity index (χ1v) is 9.73. The van der Waals surface area contributed by atoms with Gasteiger partial charge in [-0.05, 0) is 52.5 Å². The molecule has 2 aliphatic heterocycles. The van der Waals surface area contributed by atoms with Crippen LogP contribution in [0.1, 0.15) is 19.8 Å². The van der Waals surface area contributed by atoms with Crippen LogP contribution in [0.15, 0.2) is 28.3 Å². The quantitative estimate of drug-likeness (QED) is 0.712. The first-order chi connectivity index (χ1) is 13.4. The lowest BCUT2D eigenvalue weighted by Gasteiger charge is -2.31. The van der Waals surface area contributed by atoms with Gasteiger partial charge < -0.3 is 15.0 Å². The molecular formula is C19H20BrFN4O3. The van der Waals surface area contributed by atoms with Crippen molar-refractivity contribution in [2.24, 2.45) is 0 Å². The average Bonchev–Trinajstić information content (AvgIpc) is 3.06. The van der Waals surface area contributed by atoms with E-state index in [-0.39, 0.29) is 19.0 Å². The number of hydrogen-bond donors (Lipinski definition) is 1. The van der Waals surface area contributed by atoms with Gasteiger partial charge in [0.25, 0.3) is 0 Å². The van der Waals surface area contributed by atoms with Crippen LogP contribution in [0.2, 0.25) is 0 Å². The molecule has 0 spiro atoms. The molecule has 2 aliphatic rings. The van der Waals surface area contributed by atoms with E-state index < -0.39 is 18.0 Å². The average molecular weight is 451 g/mol. The first kappa shape index (κ1) is 20.1. The summed E-state index contributed by atoms with van der Waals surface area (Å²) in [5, 5.41) is 11.6. The van der Waals surface area contributed by atoms with Gasteiger partial charge in [-0.15, -0.1) is 0 Å². The third-order valence-electron chi connectivity index (χ3n) is 4.81. The predicted octanol–water partition coefficient (Wildman–Crippen LogP) is 3.06. The van der Waals surface area contributed by atoms with Gasteiger partial charge in [-0.1, -0.05) is 0 Å². The lowest BCUT2D eigenvalue weighted by molar-refractivity contribution is -0.119. The van der Waals surface area contributed by atoms with Crippen molar-refractivity contribution in [3.63, 3.8) is 0 Å². The summed E-state index contributed by atoms with van der Waals surface area (Å²) in [5.41, 5.74) is 1.93. The molecular weight excluding hydrogens is 431 g/mol. The van der Waals surface area contributed by atoms with Gasteiger partial charge in [0, 0.05) is 20.0 Å². The number of carbonyl (C=O) groups excluding carboxylic acids is 2. The maximum absolute atomic E-state index is 14.7. The van der Waals surface area contributed by atoms with Crippen LogP contribution < -0.4 is 15.1 Å². The number of hydrogen-bond acceptors (Lipinski definition) is 5. The molecule has 2 saturated heterocycles.